The Labute approximate surface area is 232 Å². The highest BCUT2D eigenvalue weighted by Crippen LogP contribution is 2.49. The third-order valence-corrected chi connectivity index (χ3v) is 7.94. The number of halogens is 3. The van der Waals surface area contributed by atoms with Crippen molar-refractivity contribution in [3.05, 3.63) is 77.1 Å². The summed E-state index contributed by atoms with van der Waals surface area (Å²) in [6, 6.07) is 16.6. The van der Waals surface area contributed by atoms with Gasteiger partial charge in [0.05, 0.1) is 5.56 Å². The van der Waals surface area contributed by atoms with Crippen LogP contribution in [0, 0.1) is 5.82 Å². The third kappa shape index (κ3) is 7.47. The van der Waals surface area contributed by atoms with Crippen molar-refractivity contribution in [3.8, 4) is 28.0 Å². The Kier molecular flexibility index (Phi) is 10.5. The second-order valence-electron chi connectivity index (χ2n) is 11.0. The molecule has 0 fully saturated rings. The van der Waals surface area contributed by atoms with Gasteiger partial charge in [0.25, 0.3) is 0 Å². The minimum absolute atomic E-state index is 0.216. The van der Waals surface area contributed by atoms with Gasteiger partial charge >= 0.3 is 6.11 Å². The first-order valence-electron chi connectivity index (χ1n) is 15.1. The number of benzene rings is 3. The van der Waals surface area contributed by atoms with Gasteiger partial charge < -0.3 is 4.74 Å². The summed E-state index contributed by atoms with van der Waals surface area (Å²) in [6.45, 7) is 4.41. The van der Waals surface area contributed by atoms with E-state index in [1.165, 1.54) is 63.0 Å². The van der Waals surface area contributed by atoms with Crippen LogP contribution in [0.5, 0.6) is 5.75 Å². The summed E-state index contributed by atoms with van der Waals surface area (Å²) in [5.74, 6) is -0.982. The summed E-state index contributed by atoms with van der Waals surface area (Å²) in [5, 5.41) is 0. The zero-order chi connectivity index (χ0) is 27.7. The van der Waals surface area contributed by atoms with Gasteiger partial charge in [0.1, 0.15) is 0 Å². The zero-order valence-electron chi connectivity index (χ0n) is 23.6. The van der Waals surface area contributed by atoms with Crippen LogP contribution in [-0.2, 0) is 19.0 Å². The van der Waals surface area contributed by atoms with E-state index in [1.54, 1.807) is 18.2 Å². The smallest absolute Gasteiger partial charge is 0.425 e. The monoisotopic (exact) mass is 536 g/mol. The molecule has 0 amide bonds. The maximum Gasteiger partial charge on any atom is 0.427 e. The Bertz CT molecular complexity index is 1200. The van der Waals surface area contributed by atoms with Gasteiger partial charge in [0, 0.05) is 5.56 Å². The molecule has 0 spiro atoms. The minimum Gasteiger partial charge on any atom is -0.425 e. The molecule has 39 heavy (non-hydrogen) atoms. The van der Waals surface area contributed by atoms with Crippen LogP contribution in [0.4, 0.5) is 13.2 Å². The lowest BCUT2D eigenvalue weighted by atomic mass is 9.90. The summed E-state index contributed by atoms with van der Waals surface area (Å²) >= 11 is 0. The number of alkyl halides is 2. The van der Waals surface area contributed by atoms with Gasteiger partial charge in [-0.25, -0.2) is 4.39 Å². The first kappa shape index (κ1) is 29.2. The molecule has 0 radical (unpaired) electrons. The van der Waals surface area contributed by atoms with Crippen LogP contribution in [0.2, 0.25) is 0 Å². The predicted octanol–water partition coefficient (Wildman–Crippen LogP) is 11.4. The van der Waals surface area contributed by atoms with Crippen molar-refractivity contribution < 1.29 is 17.9 Å². The fourth-order valence-electron chi connectivity index (χ4n) is 5.55. The van der Waals surface area contributed by atoms with Crippen molar-refractivity contribution in [2.45, 2.75) is 110 Å². The number of ether oxygens (including phenoxy) is 1. The number of hydrogen-bond donors (Lipinski definition) is 0. The average molecular weight is 537 g/mol. The molecule has 0 bridgehead atoms. The lowest BCUT2D eigenvalue weighted by molar-refractivity contribution is -0.188. The largest absolute Gasteiger partial charge is 0.427 e. The second kappa shape index (κ2) is 14.1. The number of rotatable bonds is 15. The number of unbranched alkanes of at least 4 members (excludes halogenated alkanes) is 10. The van der Waals surface area contributed by atoms with Crippen LogP contribution in [0.3, 0.4) is 0 Å². The Morgan fingerprint density at radius 3 is 1.87 bits per heavy atom. The molecule has 4 heteroatoms. The second-order valence-corrected chi connectivity index (χ2v) is 11.0. The SMILES string of the molecule is CCCCCCCCCCc1ccc2c(c1F)OC(F)(F)c1cc(-c3ccc(CCCCCC)cc3)ccc1-2. The molecule has 4 rings (SSSR count). The van der Waals surface area contributed by atoms with E-state index < -0.39 is 11.9 Å². The fraction of sp³-hybridized carbons (Fsp3) is 0.486. The molecule has 0 atom stereocenters. The maximum atomic E-state index is 15.4. The van der Waals surface area contributed by atoms with E-state index in [0.717, 1.165) is 37.7 Å². The van der Waals surface area contributed by atoms with Gasteiger partial charge in [-0.1, -0.05) is 127 Å². The van der Waals surface area contributed by atoms with Gasteiger partial charge in [-0.15, -0.1) is 0 Å². The Morgan fingerprint density at radius 1 is 0.615 bits per heavy atom. The van der Waals surface area contributed by atoms with Crippen LogP contribution >= 0.6 is 0 Å². The molecular weight excluding hydrogens is 493 g/mol. The highest BCUT2D eigenvalue weighted by atomic mass is 19.3. The molecule has 1 nitrogen and oxygen atoms in total. The van der Waals surface area contributed by atoms with Gasteiger partial charge in [-0.05, 0) is 59.6 Å². The van der Waals surface area contributed by atoms with Crippen LogP contribution in [0.25, 0.3) is 22.3 Å². The molecule has 3 aromatic rings. The summed E-state index contributed by atoms with van der Waals surface area (Å²) in [5.41, 5.74) is 3.79. The van der Waals surface area contributed by atoms with E-state index in [9.17, 15) is 0 Å². The van der Waals surface area contributed by atoms with Crippen molar-refractivity contribution in [2.75, 3.05) is 0 Å². The molecule has 1 aliphatic heterocycles. The molecule has 0 unspecified atom stereocenters. The molecule has 0 N–H and O–H groups in total. The summed E-state index contributed by atoms with van der Waals surface area (Å²) < 4.78 is 50.9. The minimum atomic E-state index is -3.60. The summed E-state index contributed by atoms with van der Waals surface area (Å²) in [6.07, 6.45) is 12.0. The molecular formula is C35H43F3O. The topological polar surface area (TPSA) is 9.23 Å². The molecule has 0 saturated heterocycles. The Balaban J connectivity index is 1.45. The molecule has 0 aromatic heterocycles. The van der Waals surface area contributed by atoms with Gasteiger partial charge in [-0.3, -0.25) is 0 Å². The number of hydrogen-bond acceptors (Lipinski definition) is 1. The van der Waals surface area contributed by atoms with Crippen molar-refractivity contribution in [1.82, 2.24) is 0 Å². The first-order chi connectivity index (χ1) is 18.9. The van der Waals surface area contributed by atoms with Gasteiger partial charge in [0.2, 0.25) is 0 Å². The molecule has 0 aliphatic carbocycles. The fourth-order valence-corrected chi connectivity index (χ4v) is 5.55. The predicted molar refractivity (Wildman–Crippen MR) is 156 cm³/mol. The maximum absolute atomic E-state index is 15.4. The third-order valence-electron chi connectivity index (χ3n) is 7.94. The summed E-state index contributed by atoms with van der Waals surface area (Å²) in [4.78, 5) is 0. The number of fused-ring (bicyclic) bond motifs is 3. The van der Waals surface area contributed by atoms with Crippen LogP contribution in [-0.4, -0.2) is 0 Å². The van der Waals surface area contributed by atoms with E-state index in [4.69, 9.17) is 4.74 Å². The lowest BCUT2D eigenvalue weighted by Gasteiger charge is -2.29. The average Bonchev–Trinajstić information content (AvgIpc) is 2.94. The summed E-state index contributed by atoms with van der Waals surface area (Å²) in [7, 11) is 0. The molecule has 1 aliphatic rings. The quantitative estimate of drug-likeness (QED) is 0.176. The van der Waals surface area contributed by atoms with Crippen LogP contribution < -0.4 is 4.74 Å². The van der Waals surface area contributed by atoms with Crippen molar-refractivity contribution in [1.29, 1.82) is 0 Å². The highest BCUT2D eigenvalue weighted by molar-refractivity contribution is 5.80. The normalized spacial score (nSPS) is 13.6. The Hall–Kier alpha value is -2.75. The molecule has 1 heterocycles. The van der Waals surface area contributed by atoms with E-state index in [-0.39, 0.29) is 11.3 Å². The van der Waals surface area contributed by atoms with Crippen molar-refractivity contribution >= 4 is 0 Å². The van der Waals surface area contributed by atoms with E-state index >= 15 is 13.2 Å². The van der Waals surface area contributed by atoms with E-state index in [0.29, 0.717) is 28.7 Å². The molecule has 210 valence electrons. The lowest BCUT2D eigenvalue weighted by Crippen LogP contribution is -2.27. The molecule has 3 aromatic carbocycles. The first-order valence-corrected chi connectivity index (χ1v) is 15.1. The zero-order valence-corrected chi connectivity index (χ0v) is 23.6. The van der Waals surface area contributed by atoms with E-state index in [1.807, 2.05) is 18.2 Å². The van der Waals surface area contributed by atoms with Gasteiger partial charge in [0.15, 0.2) is 11.6 Å². The van der Waals surface area contributed by atoms with Crippen molar-refractivity contribution in [3.63, 3.8) is 0 Å². The van der Waals surface area contributed by atoms with Crippen LogP contribution in [0.1, 0.15) is 108 Å². The van der Waals surface area contributed by atoms with E-state index in [2.05, 4.69) is 26.0 Å². The highest BCUT2D eigenvalue weighted by Gasteiger charge is 2.43. The standard InChI is InChI=1S/C35H43F3O/c1-3-5-7-9-10-11-12-14-16-28-21-24-31-30-23-22-29(25-32(30)35(37,38)39-34(31)33(28)36)27-19-17-26(18-20-27)15-13-8-6-4-2/h17-25H,3-16H2,1-2H3. The van der Waals surface area contributed by atoms with Crippen LogP contribution in [0.15, 0.2) is 54.6 Å². The molecule has 0 saturated carbocycles. The van der Waals surface area contributed by atoms with Crippen molar-refractivity contribution in [2.24, 2.45) is 0 Å². The van der Waals surface area contributed by atoms with Gasteiger partial charge in [-0.2, -0.15) is 8.78 Å². The Morgan fingerprint density at radius 2 is 1.18 bits per heavy atom. The number of aryl methyl sites for hydroxylation is 2.